The lowest BCUT2D eigenvalue weighted by Gasteiger charge is -2.27. The molecule has 0 saturated carbocycles. The van der Waals surface area contributed by atoms with Crippen LogP contribution in [0.3, 0.4) is 0 Å². The maximum absolute atomic E-state index is 13.2. The number of nitriles is 1. The van der Waals surface area contributed by atoms with E-state index in [0.29, 0.717) is 35.8 Å². The summed E-state index contributed by atoms with van der Waals surface area (Å²) in [5.74, 6) is -0.532. The Labute approximate surface area is 210 Å². The van der Waals surface area contributed by atoms with Crippen LogP contribution < -0.4 is 9.47 Å². The van der Waals surface area contributed by atoms with Crippen LogP contribution in [0.15, 0.2) is 65.3 Å². The number of imide groups is 1. The predicted molar refractivity (Wildman–Crippen MR) is 133 cm³/mol. The van der Waals surface area contributed by atoms with Gasteiger partial charge in [-0.1, -0.05) is 36.4 Å². The number of amides is 2. The van der Waals surface area contributed by atoms with Crippen molar-refractivity contribution in [2.24, 2.45) is 0 Å². The Hall–Kier alpha value is -4.38. The van der Waals surface area contributed by atoms with Crippen LogP contribution in [0.5, 0.6) is 11.5 Å². The van der Waals surface area contributed by atoms with Crippen molar-refractivity contribution in [3.05, 3.63) is 76.4 Å². The fraction of sp³-hybridized carbons (Fsp3) is 0.286. The van der Waals surface area contributed by atoms with Crippen molar-refractivity contribution < 1.29 is 28.6 Å². The largest absolute Gasteiger partial charge is 0.490 e. The van der Waals surface area contributed by atoms with Gasteiger partial charge in [-0.25, -0.2) is 0 Å². The Morgan fingerprint density at radius 1 is 1.06 bits per heavy atom. The van der Waals surface area contributed by atoms with Crippen molar-refractivity contribution in [2.45, 2.75) is 33.8 Å². The first kappa shape index (κ1) is 26.2. The molecule has 2 aromatic rings. The van der Waals surface area contributed by atoms with Gasteiger partial charge in [0, 0.05) is 19.0 Å². The predicted octanol–water partition coefficient (Wildman–Crippen LogP) is 4.21. The highest BCUT2D eigenvalue weighted by atomic mass is 16.5. The van der Waals surface area contributed by atoms with E-state index in [-0.39, 0.29) is 30.7 Å². The summed E-state index contributed by atoms with van der Waals surface area (Å²) in [6, 6.07) is 17.0. The average molecular weight is 489 g/mol. The van der Waals surface area contributed by atoms with Crippen LogP contribution in [-0.2, 0) is 25.7 Å². The zero-order valence-corrected chi connectivity index (χ0v) is 20.6. The number of carbonyl (C=O) groups excluding carboxylic acids is 3. The second kappa shape index (κ2) is 12.4. The molecule has 0 fully saturated rings. The zero-order chi connectivity index (χ0) is 26.1. The SMILES string of the molecule is CCOc1cc(/C=C2/C(=O)N(CCCOC(C)=O)C(=O)C(C#N)=C2C)ccc1OCc1ccccc1. The van der Waals surface area contributed by atoms with Crippen LogP contribution in [0, 0.1) is 11.3 Å². The molecule has 0 bridgehead atoms. The average Bonchev–Trinajstić information content (AvgIpc) is 2.86. The number of ether oxygens (including phenoxy) is 3. The summed E-state index contributed by atoms with van der Waals surface area (Å²) in [5, 5.41) is 9.57. The van der Waals surface area contributed by atoms with E-state index in [9.17, 15) is 19.6 Å². The van der Waals surface area contributed by atoms with Crippen molar-refractivity contribution >= 4 is 23.9 Å². The highest BCUT2D eigenvalue weighted by molar-refractivity contribution is 6.19. The van der Waals surface area contributed by atoms with Gasteiger partial charge in [-0.2, -0.15) is 5.26 Å². The van der Waals surface area contributed by atoms with Crippen molar-refractivity contribution in [2.75, 3.05) is 19.8 Å². The van der Waals surface area contributed by atoms with Crippen LogP contribution in [0.2, 0.25) is 0 Å². The molecule has 0 unspecified atom stereocenters. The molecule has 3 rings (SSSR count). The minimum atomic E-state index is -0.653. The van der Waals surface area contributed by atoms with E-state index in [1.54, 1.807) is 31.2 Å². The Balaban J connectivity index is 1.88. The molecule has 0 saturated heterocycles. The first-order chi connectivity index (χ1) is 17.3. The van der Waals surface area contributed by atoms with E-state index in [1.165, 1.54) is 6.92 Å². The molecule has 0 radical (unpaired) electrons. The van der Waals surface area contributed by atoms with Gasteiger partial charge in [0.25, 0.3) is 11.8 Å². The summed E-state index contributed by atoms with van der Waals surface area (Å²) in [5.41, 5.74) is 2.12. The molecular formula is C28H28N2O6. The summed E-state index contributed by atoms with van der Waals surface area (Å²) < 4.78 is 16.6. The summed E-state index contributed by atoms with van der Waals surface area (Å²) in [6.07, 6.45) is 1.90. The van der Waals surface area contributed by atoms with Crippen LogP contribution in [0.25, 0.3) is 6.08 Å². The lowest BCUT2D eigenvalue weighted by molar-refractivity contribution is -0.141. The smallest absolute Gasteiger partial charge is 0.302 e. The molecule has 1 aliphatic heterocycles. The zero-order valence-electron chi connectivity index (χ0n) is 20.6. The maximum atomic E-state index is 13.2. The van der Waals surface area contributed by atoms with Gasteiger partial charge < -0.3 is 14.2 Å². The van der Waals surface area contributed by atoms with Crippen LogP contribution in [-0.4, -0.2) is 42.4 Å². The number of esters is 1. The molecule has 0 aromatic heterocycles. The van der Waals surface area contributed by atoms with E-state index in [1.807, 2.05) is 43.3 Å². The van der Waals surface area contributed by atoms with E-state index < -0.39 is 17.8 Å². The Bertz CT molecular complexity index is 1240. The van der Waals surface area contributed by atoms with Gasteiger partial charge in [0.2, 0.25) is 0 Å². The van der Waals surface area contributed by atoms with E-state index in [0.717, 1.165) is 10.5 Å². The quantitative estimate of drug-likeness (QED) is 0.213. The highest BCUT2D eigenvalue weighted by Gasteiger charge is 2.35. The first-order valence-electron chi connectivity index (χ1n) is 11.6. The molecule has 1 aliphatic rings. The Morgan fingerprint density at radius 2 is 1.81 bits per heavy atom. The second-order valence-electron chi connectivity index (χ2n) is 8.04. The molecular weight excluding hydrogens is 460 g/mol. The van der Waals surface area contributed by atoms with Gasteiger partial charge in [0.1, 0.15) is 18.2 Å². The lowest BCUT2D eigenvalue weighted by Crippen LogP contribution is -2.43. The lowest BCUT2D eigenvalue weighted by atomic mass is 9.93. The third-order valence-corrected chi connectivity index (χ3v) is 5.47. The van der Waals surface area contributed by atoms with Crippen LogP contribution in [0.1, 0.15) is 38.3 Å². The molecule has 8 nitrogen and oxygen atoms in total. The molecule has 1 heterocycles. The van der Waals surface area contributed by atoms with Gasteiger partial charge in [0.05, 0.1) is 13.2 Å². The number of nitrogens with zero attached hydrogens (tertiary/aromatic N) is 2. The number of hydrogen-bond acceptors (Lipinski definition) is 7. The van der Waals surface area contributed by atoms with Crippen LogP contribution >= 0.6 is 0 Å². The van der Waals surface area contributed by atoms with Crippen molar-refractivity contribution in [3.8, 4) is 17.6 Å². The second-order valence-corrected chi connectivity index (χ2v) is 8.04. The third-order valence-electron chi connectivity index (χ3n) is 5.47. The highest BCUT2D eigenvalue weighted by Crippen LogP contribution is 2.32. The summed E-state index contributed by atoms with van der Waals surface area (Å²) >= 11 is 0. The molecule has 2 amide bonds. The minimum absolute atomic E-state index is 0.0250. The molecule has 36 heavy (non-hydrogen) atoms. The fourth-order valence-electron chi connectivity index (χ4n) is 3.68. The Morgan fingerprint density at radius 3 is 2.47 bits per heavy atom. The molecule has 0 N–H and O–H groups in total. The van der Waals surface area contributed by atoms with Gasteiger partial charge in [0.15, 0.2) is 11.5 Å². The molecule has 186 valence electrons. The van der Waals surface area contributed by atoms with Crippen molar-refractivity contribution in [1.82, 2.24) is 4.90 Å². The molecule has 0 aliphatic carbocycles. The van der Waals surface area contributed by atoms with E-state index >= 15 is 0 Å². The summed E-state index contributed by atoms with van der Waals surface area (Å²) in [7, 11) is 0. The number of hydrogen-bond donors (Lipinski definition) is 0. The third kappa shape index (κ3) is 6.39. The number of carbonyl (C=O) groups is 3. The molecule has 0 spiro atoms. The molecule has 2 aromatic carbocycles. The topological polar surface area (TPSA) is 106 Å². The monoisotopic (exact) mass is 488 g/mol. The van der Waals surface area contributed by atoms with Gasteiger partial charge in [-0.3, -0.25) is 19.3 Å². The summed E-state index contributed by atoms with van der Waals surface area (Å²) in [4.78, 5) is 37.9. The number of benzene rings is 2. The van der Waals surface area contributed by atoms with Gasteiger partial charge in [-0.15, -0.1) is 0 Å². The molecule has 8 heteroatoms. The minimum Gasteiger partial charge on any atom is -0.490 e. The number of rotatable bonds is 10. The van der Waals surface area contributed by atoms with Crippen molar-refractivity contribution in [1.29, 1.82) is 5.26 Å². The maximum Gasteiger partial charge on any atom is 0.302 e. The van der Waals surface area contributed by atoms with Crippen molar-refractivity contribution in [3.63, 3.8) is 0 Å². The van der Waals surface area contributed by atoms with E-state index in [2.05, 4.69) is 0 Å². The normalized spacial score (nSPS) is 14.6. The van der Waals surface area contributed by atoms with E-state index in [4.69, 9.17) is 14.2 Å². The van der Waals surface area contributed by atoms with Gasteiger partial charge >= 0.3 is 5.97 Å². The van der Waals surface area contributed by atoms with Crippen LogP contribution in [0.4, 0.5) is 0 Å². The summed E-state index contributed by atoms with van der Waals surface area (Å²) in [6.45, 7) is 5.61. The van der Waals surface area contributed by atoms with Gasteiger partial charge in [-0.05, 0) is 55.2 Å². The molecule has 0 atom stereocenters. The fourth-order valence-corrected chi connectivity index (χ4v) is 3.68. The standard InChI is InChI=1S/C28H28N2O6/c1-4-34-26-16-22(11-12-25(26)36-18-21-9-6-5-7-10-21)15-23-19(2)24(17-29)28(33)30(27(23)32)13-8-14-35-20(3)31/h5-7,9-12,15-16H,4,8,13-14,18H2,1-3H3/b23-15+. The first-order valence-corrected chi connectivity index (χ1v) is 11.6. The Kier molecular flexibility index (Phi) is 9.01.